The minimum atomic E-state index is -0.799. The van der Waals surface area contributed by atoms with E-state index < -0.39 is 5.97 Å². The number of nitrogens with one attached hydrogen (secondary N) is 1. The van der Waals surface area contributed by atoms with Crippen LogP contribution in [0.5, 0.6) is 0 Å². The first kappa shape index (κ1) is 9.44. The molecule has 5 nitrogen and oxygen atoms in total. The Morgan fingerprint density at radius 3 is 2.75 bits per heavy atom. The van der Waals surface area contributed by atoms with E-state index in [4.69, 9.17) is 10.2 Å². The van der Waals surface area contributed by atoms with E-state index in [1.54, 1.807) is 0 Å². The number of aliphatic hydroxyl groups is 1. The smallest absolute Gasteiger partial charge is 0.359 e. The average molecular weight is 175 g/mol. The number of carboxylic acid groups (broad SMARTS) is 1. The molecule has 1 atom stereocenters. The molecule has 1 heterocycles. The molecule has 0 aromatic heterocycles. The Labute approximate surface area is 71.2 Å². The van der Waals surface area contributed by atoms with Gasteiger partial charge in [0.1, 0.15) is 13.2 Å². The van der Waals surface area contributed by atoms with Crippen LogP contribution in [0.15, 0.2) is 0 Å². The molecule has 0 aromatic rings. The van der Waals surface area contributed by atoms with Gasteiger partial charge in [-0.3, -0.25) is 9.80 Å². The molecule has 12 heavy (non-hydrogen) atoms. The first-order valence-electron chi connectivity index (χ1n) is 4.07. The van der Waals surface area contributed by atoms with E-state index in [-0.39, 0.29) is 13.2 Å². The monoisotopic (exact) mass is 175 g/mol. The minimum Gasteiger partial charge on any atom is -0.477 e. The number of carbonyl (C=O) groups is 1. The predicted octanol–water partition coefficient (Wildman–Crippen LogP) is -1.56. The largest absolute Gasteiger partial charge is 0.477 e. The van der Waals surface area contributed by atoms with Crippen LogP contribution in [-0.4, -0.2) is 60.1 Å². The molecule has 0 radical (unpaired) electrons. The molecule has 70 valence electrons. The van der Waals surface area contributed by atoms with Gasteiger partial charge in [-0.1, -0.05) is 0 Å². The summed E-state index contributed by atoms with van der Waals surface area (Å²) < 4.78 is 0.464. The third-order valence-electron chi connectivity index (χ3n) is 2.26. The van der Waals surface area contributed by atoms with Crippen molar-refractivity contribution in [3.8, 4) is 0 Å². The van der Waals surface area contributed by atoms with Gasteiger partial charge in [-0.05, 0) is 0 Å². The highest BCUT2D eigenvalue weighted by Gasteiger charge is 2.33. The first-order chi connectivity index (χ1) is 5.68. The van der Waals surface area contributed by atoms with Gasteiger partial charge >= 0.3 is 5.97 Å². The summed E-state index contributed by atoms with van der Waals surface area (Å²) in [5.41, 5.74) is 0. The zero-order chi connectivity index (χ0) is 9.03. The first-order valence-corrected chi connectivity index (χ1v) is 4.07. The molecule has 3 N–H and O–H groups in total. The third-order valence-corrected chi connectivity index (χ3v) is 2.26. The quantitative estimate of drug-likeness (QED) is 0.452. The summed E-state index contributed by atoms with van der Waals surface area (Å²) in [5, 5.41) is 20.5. The van der Waals surface area contributed by atoms with Gasteiger partial charge in [0, 0.05) is 6.54 Å². The van der Waals surface area contributed by atoms with E-state index in [0.717, 1.165) is 13.1 Å². The molecular formula is C7H15N2O3+. The van der Waals surface area contributed by atoms with Crippen molar-refractivity contribution in [1.29, 1.82) is 0 Å². The molecule has 1 fully saturated rings. The Balaban J connectivity index is 2.52. The van der Waals surface area contributed by atoms with Crippen LogP contribution in [0, 0.1) is 0 Å². The van der Waals surface area contributed by atoms with Gasteiger partial charge in [-0.15, -0.1) is 0 Å². The number of aliphatic hydroxyl groups excluding tert-OH is 1. The van der Waals surface area contributed by atoms with Gasteiger partial charge in [0.2, 0.25) is 0 Å². The van der Waals surface area contributed by atoms with Gasteiger partial charge < -0.3 is 10.2 Å². The molecule has 1 aliphatic rings. The van der Waals surface area contributed by atoms with Crippen LogP contribution in [-0.2, 0) is 4.79 Å². The Hall–Kier alpha value is -0.650. The van der Waals surface area contributed by atoms with Gasteiger partial charge in [0.25, 0.3) is 0 Å². The molecule has 0 aromatic carbocycles. The van der Waals surface area contributed by atoms with Crippen LogP contribution in [0.3, 0.4) is 0 Å². The summed E-state index contributed by atoms with van der Waals surface area (Å²) in [6.07, 6.45) is 0. The lowest BCUT2D eigenvalue weighted by atomic mass is 10.4. The second-order valence-electron chi connectivity index (χ2n) is 3.22. The van der Waals surface area contributed by atoms with Crippen LogP contribution >= 0.6 is 0 Å². The van der Waals surface area contributed by atoms with Gasteiger partial charge in [0.05, 0.1) is 13.2 Å². The minimum absolute atomic E-state index is 0.0506. The fourth-order valence-electron chi connectivity index (χ4n) is 1.62. The van der Waals surface area contributed by atoms with Crippen LogP contribution in [0.25, 0.3) is 0 Å². The van der Waals surface area contributed by atoms with Crippen molar-refractivity contribution in [3.63, 3.8) is 0 Å². The lowest BCUT2D eigenvalue weighted by Gasteiger charge is -2.30. The second-order valence-corrected chi connectivity index (χ2v) is 3.22. The van der Waals surface area contributed by atoms with Crippen molar-refractivity contribution >= 4 is 5.97 Å². The molecule has 1 aliphatic heterocycles. The van der Waals surface area contributed by atoms with Crippen molar-refractivity contribution in [3.05, 3.63) is 0 Å². The summed E-state index contributed by atoms with van der Waals surface area (Å²) in [6, 6.07) is 0. The highest BCUT2D eigenvalue weighted by molar-refractivity contribution is 5.67. The van der Waals surface area contributed by atoms with Gasteiger partial charge in [-0.25, -0.2) is 4.79 Å². The normalized spacial score (nSPS) is 29.1. The summed E-state index contributed by atoms with van der Waals surface area (Å²) >= 11 is 0. The topological polar surface area (TPSA) is 69.6 Å². The molecule has 0 spiro atoms. The van der Waals surface area contributed by atoms with Crippen LogP contribution < -0.4 is 5.32 Å². The number of aliphatic carboxylic acids is 1. The van der Waals surface area contributed by atoms with E-state index >= 15 is 0 Å². The number of hydrogen-bond donors (Lipinski definition) is 3. The van der Waals surface area contributed by atoms with Crippen LogP contribution in [0.1, 0.15) is 0 Å². The SMILES string of the molecule is O=C(O)C[N+]1(CCO)CCNC1. The zero-order valence-electron chi connectivity index (χ0n) is 6.99. The van der Waals surface area contributed by atoms with Crippen molar-refractivity contribution < 1.29 is 19.5 Å². The predicted molar refractivity (Wildman–Crippen MR) is 42.5 cm³/mol. The molecule has 5 heteroatoms. The fourth-order valence-corrected chi connectivity index (χ4v) is 1.62. The standard InChI is InChI=1S/C7H14N2O3/c10-4-3-9(5-7(11)12)2-1-8-6-9/h8,10H,1-6H2/p+1. The maximum atomic E-state index is 10.5. The lowest BCUT2D eigenvalue weighted by molar-refractivity contribution is -0.910. The number of quaternary nitrogens is 1. The van der Waals surface area contributed by atoms with E-state index in [0.29, 0.717) is 17.7 Å². The number of hydrogen-bond acceptors (Lipinski definition) is 3. The molecule has 0 saturated carbocycles. The highest BCUT2D eigenvalue weighted by atomic mass is 16.4. The average Bonchev–Trinajstić information content (AvgIpc) is 2.36. The number of carboxylic acids is 1. The van der Waals surface area contributed by atoms with E-state index in [1.807, 2.05) is 0 Å². The molecule has 0 bridgehead atoms. The molecule has 1 unspecified atom stereocenters. The fraction of sp³-hybridized carbons (Fsp3) is 0.857. The highest BCUT2D eigenvalue weighted by Crippen LogP contribution is 2.08. The Bertz CT molecular complexity index is 166. The van der Waals surface area contributed by atoms with E-state index in [9.17, 15) is 4.79 Å². The van der Waals surface area contributed by atoms with Crippen molar-refractivity contribution in [2.24, 2.45) is 0 Å². The molecule has 1 saturated heterocycles. The summed E-state index contributed by atoms with van der Waals surface area (Å²) in [7, 11) is 0. The lowest BCUT2D eigenvalue weighted by Crippen LogP contribution is -2.51. The Morgan fingerprint density at radius 2 is 2.33 bits per heavy atom. The maximum Gasteiger partial charge on any atom is 0.359 e. The second kappa shape index (κ2) is 3.84. The van der Waals surface area contributed by atoms with Crippen molar-refractivity contribution in [2.45, 2.75) is 0 Å². The Kier molecular flexibility index (Phi) is 3.02. The van der Waals surface area contributed by atoms with Crippen LogP contribution in [0.2, 0.25) is 0 Å². The van der Waals surface area contributed by atoms with E-state index in [2.05, 4.69) is 5.32 Å². The summed E-state index contributed by atoms with van der Waals surface area (Å²) in [4.78, 5) is 10.5. The summed E-state index contributed by atoms with van der Waals surface area (Å²) in [6.45, 7) is 2.98. The molecular weight excluding hydrogens is 160 g/mol. The van der Waals surface area contributed by atoms with Gasteiger partial charge in [0.15, 0.2) is 6.54 Å². The number of rotatable bonds is 4. The maximum absolute atomic E-state index is 10.5. The van der Waals surface area contributed by atoms with Crippen LogP contribution in [0.4, 0.5) is 0 Å². The number of nitrogens with zero attached hydrogens (tertiary/aromatic N) is 1. The summed E-state index contributed by atoms with van der Waals surface area (Å²) in [5.74, 6) is -0.799. The zero-order valence-corrected chi connectivity index (χ0v) is 6.99. The van der Waals surface area contributed by atoms with Gasteiger partial charge in [-0.2, -0.15) is 0 Å². The van der Waals surface area contributed by atoms with E-state index in [1.165, 1.54) is 0 Å². The molecule has 1 rings (SSSR count). The molecule has 0 aliphatic carbocycles. The molecule has 0 amide bonds. The Morgan fingerprint density at radius 1 is 1.58 bits per heavy atom. The third kappa shape index (κ3) is 2.17. The van der Waals surface area contributed by atoms with Crippen molar-refractivity contribution in [1.82, 2.24) is 5.32 Å². The van der Waals surface area contributed by atoms with Crippen molar-refractivity contribution in [2.75, 3.05) is 39.5 Å².